The van der Waals surface area contributed by atoms with Gasteiger partial charge in [0.05, 0.1) is 32.7 Å². The third kappa shape index (κ3) is 13.4. The minimum absolute atomic E-state index is 0.190. The van der Waals surface area contributed by atoms with Gasteiger partial charge in [-0.1, -0.05) is 29.8 Å². The number of rotatable bonds is 17. The van der Waals surface area contributed by atoms with Crippen molar-refractivity contribution < 1.29 is 18.4 Å². The molecule has 6 aromatic carbocycles. The molecule has 0 bridgehead atoms. The molecule has 0 spiro atoms. The number of nitrogens with two attached hydrogens (primary N) is 1. The lowest BCUT2D eigenvalue weighted by Gasteiger charge is -2.21. The Hall–Kier alpha value is -7.20. The highest BCUT2D eigenvalue weighted by Gasteiger charge is 2.18. The Bertz CT molecular complexity index is 2330. The van der Waals surface area contributed by atoms with E-state index in [4.69, 9.17) is 17.3 Å². The van der Waals surface area contributed by atoms with Crippen molar-refractivity contribution in [2.75, 3.05) is 93.3 Å². The third-order valence-corrected chi connectivity index (χ3v) is 10.2. The molecule has 0 fully saturated rings. The van der Waals surface area contributed by atoms with Crippen molar-refractivity contribution in [1.29, 1.82) is 0 Å². The fraction of sp³-hybridized carbons (Fsp3) is 0.217. The van der Waals surface area contributed by atoms with Crippen LogP contribution >= 0.6 is 11.6 Å². The van der Waals surface area contributed by atoms with Crippen LogP contribution in [0.25, 0.3) is 0 Å². The quantitative estimate of drug-likeness (QED) is 0.0202. The molecule has 0 radical (unpaired) electrons. The van der Waals surface area contributed by atoms with E-state index in [1.807, 2.05) is 91.8 Å². The molecule has 0 atom stereocenters. The Kier molecular flexibility index (Phi) is 18.7. The molecule has 0 aliphatic heterocycles. The summed E-state index contributed by atoms with van der Waals surface area (Å²) in [6.45, 7) is 12.2. The van der Waals surface area contributed by atoms with Crippen molar-refractivity contribution in [3.8, 4) is 0 Å². The summed E-state index contributed by atoms with van der Waals surface area (Å²) in [7, 11) is 3.95. The highest BCUT2D eigenvalue weighted by molar-refractivity contribution is 6.34. The van der Waals surface area contributed by atoms with Crippen LogP contribution in [0, 0.1) is 10.1 Å². The molecule has 8 N–H and O–H groups in total. The van der Waals surface area contributed by atoms with Crippen LogP contribution in [-0.4, -0.2) is 45.2 Å². The summed E-state index contributed by atoms with van der Waals surface area (Å²) in [5.41, 5.74) is 18.0. The number of nitrogens with zero attached hydrogens (tertiary/aromatic N) is 4. The smallest absolute Gasteiger partial charge is 0.297 e. The van der Waals surface area contributed by atoms with Crippen LogP contribution in [0.2, 0.25) is 5.02 Å². The number of halogens is 4. The first-order chi connectivity index (χ1) is 30.4. The van der Waals surface area contributed by atoms with Gasteiger partial charge < -0.3 is 36.4 Å². The molecule has 0 heterocycles. The molecule has 0 aliphatic carbocycles. The fourth-order valence-corrected chi connectivity index (χ4v) is 6.61. The van der Waals surface area contributed by atoms with Gasteiger partial charge in [0.2, 0.25) is 0 Å². The van der Waals surface area contributed by atoms with E-state index in [0.29, 0.717) is 27.8 Å². The van der Waals surface area contributed by atoms with Gasteiger partial charge in [0.15, 0.2) is 5.69 Å². The van der Waals surface area contributed by atoms with Crippen molar-refractivity contribution in [3.63, 3.8) is 0 Å². The van der Waals surface area contributed by atoms with Gasteiger partial charge in [0.1, 0.15) is 11.4 Å². The molecule has 0 saturated carbocycles. The second-order valence-electron chi connectivity index (χ2n) is 13.9. The number of nitro benzene ring substituents is 1. The van der Waals surface area contributed by atoms with Gasteiger partial charge in [0.25, 0.3) is 5.69 Å². The Morgan fingerprint density at radius 2 is 0.905 bits per heavy atom. The number of hydrogen-bond acceptors (Lipinski definition) is 12. The van der Waals surface area contributed by atoms with E-state index < -0.39 is 4.92 Å². The van der Waals surface area contributed by atoms with Gasteiger partial charge in [-0.05, 0) is 131 Å². The number of hydrogen-bond donors (Lipinski definition) is 7. The lowest BCUT2D eigenvalue weighted by Crippen LogP contribution is -2.21. The normalized spacial score (nSPS) is 10.2. The molecule has 0 saturated heterocycles. The minimum atomic E-state index is -0.628. The summed E-state index contributed by atoms with van der Waals surface area (Å²) in [6, 6.07) is 38.2. The van der Waals surface area contributed by atoms with E-state index in [1.165, 1.54) is 23.4 Å². The van der Waals surface area contributed by atoms with E-state index in [0.717, 1.165) is 54.6 Å². The maximum atomic E-state index is 13.0. The Balaban J connectivity index is 0.000000208. The lowest BCUT2D eigenvalue weighted by atomic mass is 10.2. The number of nitrogen functional groups attached to an aromatic ring is 1. The molecular weight excluding hydrogens is 831 g/mol. The molecule has 334 valence electrons. The van der Waals surface area contributed by atoms with E-state index in [-0.39, 0.29) is 22.7 Å². The highest BCUT2D eigenvalue weighted by atomic mass is 35.5. The molecule has 0 unspecified atom stereocenters. The number of benzene rings is 6. The minimum Gasteiger partial charge on any atom is -0.397 e. The Labute approximate surface area is 372 Å². The average Bonchev–Trinajstić information content (AvgIpc) is 3.29. The largest absolute Gasteiger partial charge is 0.397 e. The predicted octanol–water partition coefficient (Wildman–Crippen LogP) is 13.1. The van der Waals surface area contributed by atoms with Gasteiger partial charge in [-0.2, -0.15) is 0 Å². The van der Waals surface area contributed by atoms with Crippen molar-refractivity contribution >= 4 is 91.2 Å². The van der Waals surface area contributed by atoms with Gasteiger partial charge >= 0.3 is 0 Å². The summed E-state index contributed by atoms with van der Waals surface area (Å²) >= 11 is 5.91. The zero-order chi connectivity index (χ0) is 45.9. The van der Waals surface area contributed by atoms with E-state index in [1.54, 1.807) is 53.5 Å². The van der Waals surface area contributed by atoms with Crippen molar-refractivity contribution in [2.45, 2.75) is 27.7 Å². The first-order valence-corrected chi connectivity index (χ1v) is 20.6. The summed E-state index contributed by atoms with van der Waals surface area (Å²) < 4.78 is 38.5. The van der Waals surface area contributed by atoms with E-state index >= 15 is 0 Å². The van der Waals surface area contributed by atoms with Crippen LogP contribution in [-0.2, 0) is 0 Å². The second kappa shape index (κ2) is 24.3. The number of nitro groups is 1. The fourth-order valence-electron chi connectivity index (χ4n) is 6.40. The van der Waals surface area contributed by atoms with Gasteiger partial charge in [-0.25, -0.2) is 16.6 Å². The molecule has 13 nitrogen and oxygen atoms in total. The third-order valence-electron chi connectivity index (χ3n) is 9.85. The number of para-hydroxylation sites is 3. The molecule has 6 aromatic rings. The SMILES string of the molecule is CCN(CC)c1ccc(Nc2cccc(N)c2NF)cc1.CCN(CC)c1ccc(Nc2cccc([N+](=O)[O-])c2NF)cc1.CN(C)c1ccc(Nc2cccc(Cl)c2NF)cc1. The molecule has 6 rings (SSSR count). The topological polar surface area (TPSA) is 151 Å². The highest BCUT2D eigenvalue weighted by Crippen LogP contribution is 2.36. The van der Waals surface area contributed by atoms with Crippen molar-refractivity contribution in [1.82, 2.24) is 0 Å². The molecular formula is C46H55ClF3N11O2. The van der Waals surface area contributed by atoms with Crippen LogP contribution in [0.15, 0.2) is 127 Å². The maximum absolute atomic E-state index is 13.0. The van der Waals surface area contributed by atoms with E-state index in [2.05, 4.69) is 53.4 Å². The van der Waals surface area contributed by atoms with Crippen LogP contribution in [0.4, 0.5) is 93.1 Å². The zero-order valence-corrected chi connectivity index (χ0v) is 36.9. The first kappa shape index (κ1) is 48.5. The van der Waals surface area contributed by atoms with Crippen LogP contribution in [0.1, 0.15) is 27.7 Å². The molecule has 0 aromatic heterocycles. The summed E-state index contributed by atoms with van der Waals surface area (Å²) in [6.07, 6.45) is 0. The summed E-state index contributed by atoms with van der Waals surface area (Å²) in [5.74, 6) is 0. The van der Waals surface area contributed by atoms with Gasteiger partial charge in [-0.3, -0.25) is 10.1 Å². The zero-order valence-electron chi connectivity index (χ0n) is 36.1. The van der Waals surface area contributed by atoms with Gasteiger partial charge in [-0.15, -0.1) is 13.4 Å². The van der Waals surface area contributed by atoms with Crippen LogP contribution in [0.3, 0.4) is 0 Å². The second-order valence-corrected chi connectivity index (χ2v) is 14.3. The van der Waals surface area contributed by atoms with E-state index in [9.17, 15) is 23.6 Å². The molecule has 63 heavy (non-hydrogen) atoms. The first-order valence-electron chi connectivity index (χ1n) is 20.2. The molecule has 0 amide bonds. The number of nitrogens with one attached hydrogen (secondary N) is 6. The maximum Gasteiger partial charge on any atom is 0.297 e. The standard InChI is InChI=1S/C16H19FN4O2.C16H21FN4.C14H15ClFN3/c1-3-20(4-2)13-10-8-12(9-11-13)18-14-6-5-7-15(21(22)23)16(14)19-17;1-3-21(4-2)13-10-8-12(9-11-13)19-15-7-5-6-14(18)16(15)20-17;1-19(2)11-8-6-10(7-9-11)17-13-5-3-4-12(15)14(13)18-16/h5-11,18-19H,3-4H2,1-2H3;5-11,19-20H,3-4,18H2,1-2H3;3-9,17-18H,1-2H3. The van der Waals surface area contributed by atoms with Crippen molar-refractivity contribution in [3.05, 3.63) is 143 Å². The molecule has 0 aliphatic rings. The summed E-state index contributed by atoms with van der Waals surface area (Å²) in [5, 5.41) is 20.6. The van der Waals surface area contributed by atoms with Crippen molar-refractivity contribution in [2.24, 2.45) is 0 Å². The Morgan fingerprint density at radius 1 is 0.540 bits per heavy atom. The monoisotopic (exact) mass is 885 g/mol. The summed E-state index contributed by atoms with van der Waals surface area (Å²) in [4.78, 5) is 16.8. The lowest BCUT2D eigenvalue weighted by molar-refractivity contribution is -0.384. The molecule has 17 heteroatoms. The number of anilines is 13. The van der Waals surface area contributed by atoms with Crippen LogP contribution in [0.5, 0.6) is 0 Å². The Morgan fingerprint density at radius 3 is 1.29 bits per heavy atom. The van der Waals surface area contributed by atoms with Gasteiger partial charge in [0, 0.05) is 80.5 Å². The van der Waals surface area contributed by atoms with Crippen LogP contribution < -0.4 is 53.0 Å². The average molecular weight is 886 g/mol. The predicted molar refractivity (Wildman–Crippen MR) is 260 cm³/mol.